The first kappa shape index (κ1) is 14.2. The van der Waals surface area contributed by atoms with Crippen LogP contribution in [0.5, 0.6) is 0 Å². The molecule has 5 nitrogen and oxygen atoms in total. The van der Waals surface area contributed by atoms with E-state index in [1.54, 1.807) is 4.31 Å². The summed E-state index contributed by atoms with van der Waals surface area (Å²) in [5, 5.41) is 3.04. The Labute approximate surface area is 111 Å². The van der Waals surface area contributed by atoms with Crippen LogP contribution in [0.2, 0.25) is 0 Å². The van der Waals surface area contributed by atoms with E-state index < -0.39 is 10.0 Å². The molecule has 2 aliphatic rings. The van der Waals surface area contributed by atoms with Crippen LogP contribution in [0.25, 0.3) is 0 Å². The average Bonchev–Trinajstić information content (AvgIpc) is 2.40. The highest BCUT2D eigenvalue weighted by molar-refractivity contribution is 7.89. The molecule has 1 N–H and O–H groups in total. The third-order valence-corrected chi connectivity index (χ3v) is 6.46. The SMILES string of the molecule is CC(C)N1CCC(S(=O)(=O)N2CCNCC2)CC1. The molecule has 0 aliphatic carbocycles. The predicted octanol–water partition coefficient (Wildman–Crippen LogP) is 0.0942. The summed E-state index contributed by atoms with van der Waals surface area (Å²) in [4.78, 5) is 2.36. The Balaban J connectivity index is 1.95. The van der Waals surface area contributed by atoms with E-state index in [2.05, 4.69) is 24.1 Å². The van der Waals surface area contributed by atoms with Crippen LogP contribution in [0, 0.1) is 0 Å². The number of piperidine rings is 1. The van der Waals surface area contributed by atoms with Gasteiger partial charge in [-0.25, -0.2) is 8.42 Å². The molecular formula is C12H25N3O2S. The van der Waals surface area contributed by atoms with E-state index in [0.717, 1.165) is 39.0 Å². The van der Waals surface area contributed by atoms with Crippen LogP contribution in [-0.2, 0) is 10.0 Å². The fourth-order valence-electron chi connectivity index (χ4n) is 2.80. The monoisotopic (exact) mass is 275 g/mol. The lowest BCUT2D eigenvalue weighted by molar-refractivity contribution is 0.184. The number of hydrogen-bond donors (Lipinski definition) is 1. The summed E-state index contributed by atoms with van der Waals surface area (Å²) in [5.41, 5.74) is 0. The van der Waals surface area contributed by atoms with Crippen LogP contribution in [0.3, 0.4) is 0 Å². The molecule has 0 unspecified atom stereocenters. The van der Waals surface area contributed by atoms with Gasteiger partial charge in [-0.1, -0.05) is 0 Å². The van der Waals surface area contributed by atoms with Crippen LogP contribution < -0.4 is 5.32 Å². The first-order valence-corrected chi connectivity index (χ1v) is 8.46. The van der Waals surface area contributed by atoms with Gasteiger partial charge in [0, 0.05) is 32.2 Å². The van der Waals surface area contributed by atoms with Crippen molar-refractivity contribution in [2.75, 3.05) is 39.3 Å². The molecule has 2 fully saturated rings. The van der Waals surface area contributed by atoms with Crippen molar-refractivity contribution in [1.82, 2.24) is 14.5 Å². The van der Waals surface area contributed by atoms with Gasteiger partial charge in [-0.2, -0.15) is 4.31 Å². The second kappa shape index (κ2) is 5.86. The maximum atomic E-state index is 12.5. The highest BCUT2D eigenvalue weighted by Gasteiger charge is 2.35. The van der Waals surface area contributed by atoms with E-state index in [1.807, 2.05) is 0 Å². The van der Waals surface area contributed by atoms with Gasteiger partial charge >= 0.3 is 0 Å². The molecule has 0 atom stereocenters. The minimum absolute atomic E-state index is 0.161. The van der Waals surface area contributed by atoms with E-state index in [1.165, 1.54) is 0 Å². The van der Waals surface area contributed by atoms with Crippen molar-refractivity contribution in [3.8, 4) is 0 Å². The summed E-state index contributed by atoms with van der Waals surface area (Å²) in [7, 11) is -3.07. The van der Waals surface area contributed by atoms with Crippen molar-refractivity contribution in [2.24, 2.45) is 0 Å². The maximum absolute atomic E-state index is 12.5. The fourth-order valence-corrected chi connectivity index (χ4v) is 4.72. The van der Waals surface area contributed by atoms with Crippen molar-refractivity contribution in [2.45, 2.75) is 38.0 Å². The van der Waals surface area contributed by atoms with Crippen LogP contribution in [-0.4, -0.2) is 68.2 Å². The summed E-state index contributed by atoms with van der Waals surface area (Å²) < 4.78 is 26.7. The summed E-state index contributed by atoms with van der Waals surface area (Å²) in [6.07, 6.45) is 1.56. The smallest absolute Gasteiger partial charge is 0.217 e. The molecule has 0 saturated carbocycles. The van der Waals surface area contributed by atoms with E-state index in [-0.39, 0.29) is 5.25 Å². The van der Waals surface area contributed by atoms with Gasteiger partial charge in [-0.15, -0.1) is 0 Å². The fraction of sp³-hybridized carbons (Fsp3) is 1.00. The first-order valence-electron chi connectivity index (χ1n) is 6.95. The van der Waals surface area contributed by atoms with Gasteiger partial charge in [-0.3, -0.25) is 0 Å². The Hall–Kier alpha value is -0.170. The van der Waals surface area contributed by atoms with Crippen molar-refractivity contribution in [3.63, 3.8) is 0 Å². The number of sulfonamides is 1. The Morgan fingerprint density at radius 3 is 2.11 bits per heavy atom. The third-order valence-electron chi connectivity index (χ3n) is 4.06. The van der Waals surface area contributed by atoms with Gasteiger partial charge in [0.15, 0.2) is 0 Å². The summed E-state index contributed by atoms with van der Waals surface area (Å²) >= 11 is 0. The molecule has 0 aromatic heterocycles. The molecule has 6 heteroatoms. The van der Waals surface area contributed by atoms with Crippen molar-refractivity contribution >= 4 is 10.0 Å². The van der Waals surface area contributed by atoms with E-state index >= 15 is 0 Å². The normalized spacial score (nSPS) is 25.7. The molecule has 2 rings (SSSR count). The summed E-state index contributed by atoms with van der Waals surface area (Å²) in [6, 6.07) is 0.521. The van der Waals surface area contributed by atoms with Gasteiger partial charge < -0.3 is 10.2 Å². The largest absolute Gasteiger partial charge is 0.314 e. The number of nitrogens with one attached hydrogen (secondary N) is 1. The zero-order valence-corrected chi connectivity index (χ0v) is 12.2. The lowest BCUT2D eigenvalue weighted by atomic mass is 10.1. The van der Waals surface area contributed by atoms with Gasteiger partial charge in [0.25, 0.3) is 0 Å². The number of hydrogen-bond acceptors (Lipinski definition) is 4. The molecule has 0 aromatic rings. The van der Waals surface area contributed by atoms with Gasteiger partial charge in [0.05, 0.1) is 5.25 Å². The van der Waals surface area contributed by atoms with Crippen LogP contribution in [0.1, 0.15) is 26.7 Å². The Morgan fingerprint density at radius 2 is 1.61 bits per heavy atom. The van der Waals surface area contributed by atoms with E-state index in [9.17, 15) is 8.42 Å². The maximum Gasteiger partial charge on any atom is 0.217 e. The number of likely N-dealkylation sites (tertiary alicyclic amines) is 1. The Kier molecular flexibility index (Phi) is 4.64. The van der Waals surface area contributed by atoms with Crippen molar-refractivity contribution < 1.29 is 8.42 Å². The molecule has 2 heterocycles. The standard InChI is InChI=1S/C12H25N3O2S/c1-11(2)14-7-3-12(4-8-14)18(16,17)15-9-5-13-6-10-15/h11-13H,3-10H2,1-2H3. The first-order chi connectivity index (χ1) is 8.51. The Morgan fingerprint density at radius 1 is 1.06 bits per heavy atom. The van der Waals surface area contributed by atoms with E-state index in [0.29, 0.717) is 19.1 Å². The quantitative estimate of drug-likeness (QED) is 0.793. The number of nitrogens with zero attached hydrogens (tertiary/aromatic N) is 2. The molecule has 106 valence electrons. The lowest BCUT2D eigenvalue weighted by Gasteiger charge is -2.37. The molecule has 0 aromatic carbocycles. The van der Waals surface area contributed by atoms with Crippen LogP contribution in [0.15, 0.2) is 0 Å². The molecule has 2 saturated heterocycles. The van der Waals surface area contributed by atoms with Crippen molar-refractivity contribution in [1.29, 1.82) is 0 Å². The predicted molar refractivity (Wildman–Crippen MR) is 73.1 cm³/mol. The summed E-state index contributed by atoms with van der Waals surface area (Å²) in [6.45, 7) is 8.99. The molecule has 0 radical (unpaired) electrons. The Bertz CT molecular complexity index is 356. The molecule has 0 spiro atoms. The summed E-state index contributed by atoms with van der Waals surface area (Å²) in [5.74, 6) is 0. The highest BCUT2D eigenvalue weighted by Crippen LogP contribution is 2.22. The second-order valence-corrected chi connectivity index (χ2v) is 7.74. The molecule has 2 aliphatic heterocycles. The van der Waals surface area contributed by atoms with E-state index in [4.69, 9.17) is 0 Å². The molecular weight excluding hydrogens is 250 g/mol. The van der Waals surface area contributed by atoms with Crippen LogP contribution in [0.4, 0.5) is 0 Å². The molecule has 18 heavy (non-hydrogen) atoms. The third kappa shape index (κ3) is 3.04. The minimum Gasteiger partial charge on any atom is -0.314 e. The highest BCUT2D eigenvalue weighted by atomic mass is 32.2. The second-order valence-electron chi connectivity index (χ2n) is 5.52. The molecule has 0 bridgehead atoms. The number of piperazine rings is 1. The zero-order chi connectivity index (χ0) is 13.2. The van der Waals surface area contributed by atoms with Gasteiger partial charge in [0.2, 0.25) is 10.0 Å². The van der Waals surface area contributed by atoms with Gasteiger partial charge in [-0.05, 0) is 39.8 Å². The zero-order valence-electron chi connectivity index (χ0n) is 11.4. The topological polar surface area (TPSA) is 52.7 Å². The number of rotatable bonds is 3. The average molecular weight is 275 g/mol. The lowest BCUT2D eigenvalue weighted by Crippen LogP contribution is -2.52. The van der Waals surface area contributed by atoms with Crippen molar-refractivity contribution in [3.05, 3.63) is 0 Å². The van der Waals surface area contributed by atoms with Gasteiger partial charge in [0.1, 0.15) is 0 Å². The molecule has 0 amide bonds. The van der Waals surface area contributed by atoms with Crippen LogP contribution >= 0.6 is 0 Å². The minimum atomic E-state index is -3.07.